The quantitative estimate of drug-likeness (QED) is 0.322. The number of ketones is 1. The highest BCUT2D eigenvalue weighted by molar-refractivity contribution is 7.10. The Bertz CT molecular complexity index is 1230. The molecule has 4 aromatic rings. The molecule has 4 heteroatoms. The summed E-state index contributed by atoms with van der Waals surface area (Å²) in [5.74, 6) is -0.0656. The van der Waals surface area contributed by atoms with Crippen molar-refractivity contribution in [3.63, 3.8) is 0 Å². The molecule has 0 unspecified atom stereocenters. The molecule has 2 aromatic carbocycles. The van der Waals surface area contributed by atoms with Crippen LogP contribution in [0.25, 0.3) is 34.2 Å². The van der Waals surface area contributed by atoms with Crippen molar-refractivity contribution in [3.05, 3.63) is 105 Å². The summed E-state index contributed by atoms with van der Waals surface area (Å²) in [6, 6.07) is 20.6. The molecule has 0 amide bonds. The zero-order chi connectivity index (χ0) is 19.3. The molecule has 0 saturated carbocycles. The van der Waals surface area contributed by atoms with Gasteiger partial charge in [0.05, 0.1) is 0 Å². The molecule has 136 valence electrons. The van der Waals surface area contributed by atoms with Gasteiger partial charge in [0, 0.05) is 16.3 Å². The number of hydrogen-bond acceptors (Lipinski definition) is 4. The largest absolute Gasteiger partial charge is 0.423 e. The van der Waals surface area contributed by atoms with Crippen LogP contribution in [0.5, 0.6) is 0 Å². The lowest BCUT2D eigenvalue weighted by Crippen LogP contribution is -1.97. The van der Waals surface area contributed by atoms with Crippen LogP contribution in [0.2, 0.25) is 0 Å². The molecular formula is C24H16O3S. The van der Waals surface area contributed by atoms with E-state index in [0.717, 1.165) is 27.0 Å². The zero-order valence-electron chi connectivity index (χ0n) is 14.9. The van der Waals surface area contributed by atoms with Gasteiger partial charge in [-0.15, -0.1) is 11.3 Å². The second kappa shape index (κ2) is 8.03. The van der Waals surface area contributed by atoms with Gasteiger partial charge < -0.3 is 4.42 Å². The van der Waals surface area contributed by atoms with Gasteiger partial charge in [0.15, 0.2) is 5.78 Å². The first-order valence-electron chi connectivity index (χ1n) is 8.76. The lowest BCUT2D eigenvalue weighted by molar-refractivity contribution is -0.110. The monoisotopic (exact) mass is 384 g/mol. The normalized spacial score (nSPS) is 11.6. The first-order chi connectivity index (χ1) is 13.7. The molecule has 0 spiro atoms. The van der Waals surface area contributed by atoms with Gasteiger partial charge in [-0.3, -0.25) is 4.79 Å². The van der Waals surface area contributed by atoms with E-state index in [9.17, 15) is 9.59 Å². The highest BCUT2D eigenvalue weighted by Crippen LogP contribution is 2.27. The minimum Gasteiger partial charge on any atom is -0.423 e. The fourth-order valence-corrected chi connectivity index (χ4v) is 3.53. The molecule has 2 heterocycles. The van der Waals surface area contributed by atoms with Crippen LogP contribution in [0.1, 0.15) is 10.4 Å². The lowest BCUT2D eigenvalue weighted by atomic mass is 10.0. The molecule has 0 aliphatic carbocycles. The maximum atomic E-state index is 12.0. The molecule has 0 fully saturated rings. The zero-order valence-corrected chi connectivity index (χ0v) is 15.7. The maximum Gasteiger partial charge on any atom is 0.336 e. The average molecular weight is 384 g/mol. The fraction of sp³-hybridized carbons (Fsp3) is 0. The van der Waals surface area contributed by atoms with Crippen molar-refractivity contribution in [2.24, 2.45) is 0 Å². The molecule has 2 aromatic heterocycles. The van der Waals surface area contributed by atoms with E-state index in [0.29, 0.717) is 5.58 Å². The Labute approximate surface area is 165 Å². The summed E-state index contributed by atoms with van der Waals surface area (Å²) in [6.07, 6.45) is 6.70. The number of carbonyl (C=O) groups is 1. The van der Waals surface area contributed by atoms with Gasteiger partial charge in [-0.05, 0) is 52.4 Å². The number of para-hydroxylation sites is 1. The average Bonchev–Trinajstić information content (AvgIpc) is 3.24. The van der Waals surface area contributed by atoms with E-state index >= 15 is 0 Å². The third-order valence-electron chi connectivity index (χ3n) is 4.27. The second-order valence-corrected chi connectivity index (χ2v) is 7.16. The Hall–Kier alpha value is -3.50. The first kappa shape index (κ1) is 17.9. The van der Waals surface area contributed by atoms with Gasteiger partial charge in [-0.1, -0.05) is 54.6 Å². The number of rotatable bonds is 5. The minimum absolute atomic E-state index is 0.0656. The van der Waals surface area contributed by atoms with Gasteiger partial charge in [-0.2, -0.15) is 0 Å². The molecule has 3 nitrogen and oxygen atoms in total. The number of thiophene rings is 1. The molecule has 0 atom stereocenters. The predicted octanol–water partition coefficient (Wildman–Crippen LogP) is 5.82. The van der Waals surface area contributed by atoms with E-state index in [2.05, 4.69) is 0 Å². The van der Waals surface area contributed by atoms with Crippen molar-refractivity contribution in [2.45, 2.75) is 0 Å². The number of allylic oxidation sites excluding steroid dienone is 2. The van der Waals surface area contributed by atoms with Crippen LogP contribution in [0.15, 0.2) is 93.5 Å². The van der Waals surface area contributed by atoms with Crippen molar-refractivity contribution in [1.82, 2.24) is 0 Å². The second-order valence-electron chi connectivity index (χ2n) is 6.18. The number of benzene rings is 2. The Morgan fingerprint density at radius 1 is 0.893 bits per heavy atom. The molecule has 4 rings (SSSR count). The summed E-state index contributed by atoms with van der Waals surface area (Å²) >= 11 is 1.59. The van der Waals surface area contributed by atoms with Gasteiger partial charge in [0.25, 0.3) is 0 Å². The van der Waals surface area contributed by atoms with Crippen molar-refractivity contribution < 1.29 is 9.21 Å². The molecule has 0 radical (unpaired) electrons. The molecule has 0 saturated heterocycles. The van der Waals surface area contributed by atoms with Crippen LogP contribution in [0.4, 0.5) is 0 Å². The number of fused-ring (bicyclic) bond motifs is 1. The minimum atomic E-state index is -0.374. The molecule has 0 aliphatic heterocycles. The first-order valence-corrected chi connectivity index (χ1v) is 9.64. The number of hydrogen-bond donors (Lipinski definition) is 0. The molecular weight excluding hydrogens is 368 g/mol. The Morgan fingerprint density at radius 3 is 2.46 bits per heavy atom. The maximum absolute atomic E-state index is 12.0. The molecule has 0 N–H and O–H groups in total. The standard InChI is InChI=1S/C24H16O3S/c25-19(13-14-20-4-3-15-28-20)12-9-17-7-10-18(11-8-17)22-16-24(26)27-23-6-2-1-5-21(22)23/h1-16H. The third kappa shape index (κ3) is 4.08. The summed E-state index contributed by atoms with van der Waals surface area (Å²) in [4.78, 5) is 24.9. The smallest absolute Gasteiger partial charge is 0.336 e. The molecule has 0 bridgehead atoms. The van der Waals surface area contributed by atoms with Crippen LogP contribution in [0.3, 0.4) is 0 Å². The molecule has 28 heavy (non-hydrogen) atoms. The van der Waals surface area contributed by atoms with Crippen molar-refractivity contribution in [1.29, 1.82) is 0 Å². The van der Waals surface area contributed by atoms with Crippen molar-refractivity contribution in [3.8, 4) is 11.1 Å². The summed E-state index contributed by atoms with van der Waals surface area (Å²) < 4.78 is 5.25. The Balaban J connectivity index is 1.55. The fourth-order valence-electron chi connectivity index (χ4n) is 2.91. The van der Waals surface area contributed by atoms with E-state index in [-0.39, 0.29) is 11.4 Å². The van der Waals surface area contributed by atoms with Crippen LogP contribution in [-0.4, -0.2) is 5.78 Å². The molecule has 0 aliphatic rings. The van der Waals surface area contributed by atoms with Crippen molar-refractivity contribution in [2.75, 3.05) is 0 Å². The van der Waals surface area contributed by atoms with Crippen LogP contribution in [-0.2, 0) is 4.79 Å². The highest BCUT2D eigenvalue weighted by Gasteiger charge is 2.07. The van der Waals surface area contributed by atoms with Crippen LogP contribution >= 0.6 is 11.3 Å². The van der Waals surface area contributed by atoms with E-state index in [1.54, 1.807) is 35.6 Å². The van der Waals surface area contributed by atoms with Gasteiger partial charge in [0.2, 0.25) is 0 Å². The number of carbonyl (C=O) groups excluding carboxylic acids is 1. The SMILES string of the molecule is O=C(C=Cc1ccc(-c2cc(=O)oc3ccccc23)cc1)C=Cc1cccs1. The van der Waals surface area contributed by atoms with Gasteiger partial charge in [0.1, 0.15) is 5.58 Å². The third-order valence-corrected chi connectivity index (χ3v) is 5.10. The Kier molecular flexibility index (Phi) is 5.13. The highest BCUT2D eigenvalue weighted by atomic mass is 32.1. The summed E-state index contributed by atoms with van der Waals surface area (Å²) in [5.41, 5.74) is 2.86. The predicted molar refractivity (Wildman–Crippen MR) is 115 cm³/mol. The van der Waals surface area contributed by atoms with Crippen LogP contribution in [0, 0.1) is 0 Å². The Morgan fingerprint density at radius 2 is 1.68 bits per heavy atom. The van der Waals surface area contributed by atoms with Gasteiger partial charge >= 0.3 is 5.63 Å². The summed E-state index contributed by atoms with van der Waals surface area (Å²) in [6.45, 7) is 0. The van der Waals surface area contributed by atoms with E-state index < -0.39 is 0 Å². The summed E-state index contributed by atoms with van der Waals surface area (Å²) in [5, 5.41) is 2.86. The van der Waals surface area contributed by atoms with E-state index in [1.807, 2.05) is 66.1 Å². The van der Waals surface area contributed by atoms with E-state index in [1.165, 1.54) is 6.07 Å². The van der Waals surface area contributed by atoms with E-state index in [4.69, 9.17) is 4.42 Å². The van der Waals surface area contributed by atoms with Gasteiger partial charge in [-0.25, -0.2) is 4.79 Å². The topological polar surface area (TPSA) is 47.3 Å². The van der Waals surface area contributed by atoms with Crippen molar-refractivity contribution >= 4 is 40.2 Å². The summed E-state index contributed by atoms with van der Waals surface area (Å²) in [7, 11) is 0. The lowest BCUT2D eigenvalue weighted by Gasteiger charge is -2.06. The van der Waals surface area contributed by atoms with Crippen LogP contribution < -0.4 is 5.63 Å².